The first-order valence-electron chi connectivity index (χ1n) is 6.71. The number of hydrogen-bond acceptors (Lipinski definition) is 5. The van der Waals surface area contributed by atoms with Crippen molar-refractivity contribution in [2.45, 2.75) is 13.3 Å². The molecule has 2 rings (SSSR count). The SMILES string of the molecule is Cc1ccc(OCCN(CCC(=O)O)c2nccs2)cc1. The first kappa shape index (κ1) is 15.3. The Morgan fingerprint density at radius 1 is 1.33 bits per heavy atom. The summed E-state index contributed by atoms with van der Waals surface area (Å²) in [6, 6.07) is 7.86. The quantitative estimate of drug-likeness (QED) is 0.812. The number of aryl methyl sites for hydroxylation is 1. The zero-order chi connectivity index (χ0) is 15.1. The number of hydrogen-bond donors (Lipinski definition) is 1. The number of carboxylic acids is 1. The summed E-state index contributed by atoms with van der Waals surface area (Å²) in [5.41, 5.74) is 1.19. The molecule has 0 radical (unpaired) electrons. The van der Waals surface area contributed by atoms with Gasteiger partial charge in [-0.1, -0.05) is 17.7 Å². The van der Waals surface area contributed by atoms with Crippen molar-refractivity contribution in [3.63, 3.8) is 0 Å². The lowest BCUT2D eigenvalue weighted by Gasteiger charge is -2.21. The molecule has 0 aliphatic rings. The van der Waals surface area contributed by atoms with Gasteiger partial charge in [-0.15, -0.1) is 11.3 Å². The predicted molar refractivity (Wildman–Crippen MR) is 83.3 cm³/mol. The maximum absolute atomic E-state index is 10.7. The number of benzene rings is 1. The maximum atomic E-state index is 10.7. The number of aliphatic carboxylic acids is 1. The van der Waals surface area contributed by atoms with Crippen LogP contribution >= 0.6 is 11.3 Å². The summed E-state index contributed by atoms with van der Waals surface area (Å²) in [6.07, 6.45) is 1.80. The summed E-state index contributed by atoms with van der Waals surface area (Å²) in [4.78, 5) is 16.9. The lowest BCUT2D eigenvalue weighted by atomic mass is 10.2. The third kappa shape index (κ3) is 5.07. The van der Waals surface area contributed by atoms with Crippen molar-refractivity contribution in [2.75, 3.05) is 24.6 Å². The fourth-order valence-corrected chi connectivity index (χ4v) is 2.51. The molecule has 0 saturated heterocycles. The van der Waals surface area contributed by atoms with Crippen LogP contribution in [0.1, 0.15) is 12.0 Å². The second-order valence-electron chi connectivity index (χ2n) is 4.61. The van der Waals surface area contributed by atoms with Crippen LogP contribution in [-0.2, 0) is 4.79 Å². The van der Waals surface area contributed by atoms with Gasteiger partial charge in [0, 0.05) is 18.1 Å². The molecule has 0 saturated carbocycles. The van der Waals surface area contributed by atoms with Crippen molar-refractivity contribution >= 4 is 22.4 Å². The van der Waals surface area contributed by atoms with Crippen LogP contribution in [0.3, 0.4) is 0 Å². The van der Waals surface area contributed by atoms with Crippen LogP contribution in [0.5, 0.6) is 5.75 Å². The molecule has 5 nitrogen and oxygen atoms in total. The number of thiazole rings is 1. The van der Waals surface area contributed by atoms with Gasteiger partial charge in [-0.25, -0.2) is 4.98 Å². The van der Waals surface area contributed by atoms with E-state index in [9.17, 15) is 4.79 Å². The van der Waals surface area contributed by atoms with Crippen LogP contribution in [0.25, 0.3) is 0 Å². The highest BCUT2D eigenvalue weighted by Gasteiger charge is 2.11. The van der Waals surface area contributed by atoms with E-state index < -0.39 is 5.97 Å². The highest BCUT2D eigenvalue weighted by atomic mass is 32.1. The molecule has 0 bridgehead atoms. The van der Waals surface area contributed by atoms with Crippen molar-refractivity contribution in [3.05, 3.63) is 41.4 Å². The largest absolute Gasteiger partial charge is 0.492 e. The normalized spacial score (nSPS) is 10.3. The number of nitrogens with zero attached hydrogens (tertiary/aromatic N) is 2. The summed E-state index contributed by atoms with van der Waals surface area (Å²) < 4.78 is 5.68. The Morgan fingerprint density at radius 3 is 2.71 bits per heavy atom. The third-order valence-corrected chi connectivity index (χ3v) is 3.77. The number of anilines is 1. The second-order valence-corrected chi connectivity index (χ2v) is 5.48. The van der Waals surface area contributed by atoms with Gasteiger partial charge >= 0.3 is 5.97 Å². The van der Waals surface area contributed by atoms with Crippen LogP contribution in [0.4, 0.5) is 5.13 Å². The lowest BCUT2D eigenvalue weighted by molar-refractivity contribution is -0.136. The first-order valence-corrected chi connectivity index (χ1v) is 7.59. The van der Waals surface area contributed by atoms with Gasteiger partial charge in [0.15, 0.2) is 5.13 Å². The summed E-state index contributed by atoms with van der Waals surface area (Å²) >= 11 is 1.50. The minimum absolute atomic E-state index is 0.0874. The van der Waals surface area contributed by atoms with E-state index in [1.807, 2.05) is 41.5 Å². The molecule has 0 aliphatic heterocycles. The van der Waals surface area contributed by atoms with Crippen molar-refractivity contribution in [2.24, 2.45) is 0 Å². The van der Waals surface area contributed by atoms with Gasteiger partial charge in [0.05, 0.1) is 13.0 Å². The van der Waals surface area contributed by atoms with Crippen LogP contribution < -0.4 is 9.64 Å². The van der Waals surface area contributed by atoms with E-state index in [1.165, 1.54) is 16.9 Å². The lowest BCUT2D eigenvalue weighted by Crippen LogP contribution is -2.30. The molecule has 2 aromatic rings. The van der Waals surface area contributed by atoms with Crippen LogP contribution in [0.15, 0.2) is 35.8 Å². The number of rotatable bonds is 8. The Hall–Kier alpha value is -2.08. The van der Waals surface area contributed by atoms with Crippen LogP contribution in [0.2, 0.25) is 0 Å². The van der Waals surface area contributed by atoms with Gasteiger partial charge in [0.1, 0.15) is 12.4 Å². The van der Waals surface area contributed by atoms with E-state index in [4.69, 9.17) is 9.84 Å². The van der Waals surface area contributed by atoms with Crippen LogP contribution in [-0.4, -0.2) is 35.8 Å². The summed E-state index contributed by atoms with van der Waals surface area (Å²) in [7, 11) is 0. The van der Waals surface area contributed by atoms with E-state index in [2.05, 4.69) is 4.98 Å². The molecule has 1 aromatic heterocycles. The molecule has 0 amide bonds. The average molecular weight is 306 g/mol. The molecule has 0 unspecified atom stereocenters. The minimum atomic E-state index is -0.809. The Balaban J connectivity index is 1.86. The Bertz CT molecular complexity index is 555. The molecule has 112 valence electrons. The van der Waals surface area contributed by atoms with E-state index in [0.717, 1.165) is 10.9 Å². The smallest absolute Gasteiger partial charge is 0.305 e. The Morgan fingerprint density at radius 2 is 2.10 bits per heavy atom. The van der Waals surface area contributed by atoms with Crippen molar-refractivity contribution in [1.82, 2.24) is 4.98 Å². The Labute approximate surface area is 127 Å². The van der Waals surface area contributed by atoms with Gasteiger partial charge in [0.2, 0.25) is 0 Å². The number of carboxylic acid groups (broad SMARTS) is 1. The maximum Gasteiger partial charge on any atom is 0.305 e. The molecular weight excluding hydrogens is 288 g/mol. The van der Waals surface area contributed by atoms with E-state index in [-0.39, 0.29) is 6.42 Å². The zero-order valence-corrected chi connectivity index (χ0v) is 12.7. The average Bonchev–Trinajstić information content (AvgIpc) is 2.98. The van der Waals surface area contributed by atoms with E-state index >= 15 is 0 Å². The topological polar surface area (TPSA) is 62.7 Å². The highest BCUT2D eigenvalue weighted by molar-refractivity contribution is 7.13. The first-order chi connectivity index (χ1) is 10.1. The van der Waals surface area contributed by atoms with E-state index in [0.29, 0.717) is 19.7 Å². The summed E-state index contributed by atoms with van der Waals surface area (Å²) in [5, 5.41) is 11.5. The molecule has 1 N–H and O–H groups in total. The predicted octanol–water partition coefficient (Wildman–Crippen LogP) is 2.81. The van der Waals surface area contributed by atoms with Crippen molar-refractivity contribution < 1.29 is 14.6 Å². The summed E-state index contributed by atoms with van der Waals surface area (Å²) in [5.74, 6) is 0.00827. The van der Waals surface area contributed by atoms with Gasteiger partial charge in [0.25, 0.3) is 0 Å². The summed E-state index contributed by atoms with van der Waals surface area (Å²) in [6.45, 7) is 3.55. The second kappa shape index (κ2) is 7.64. The fraction of sp³-hybridized carbons (Fsp3) is 0.333. The third-order valence-electron chi connectivity index (χ3n) is 2.94. The molecule has 0 atom stereocenters. The van der Waals surface area contributed by atoms with Crippen LogP contribution in [0, 0.1) is 6.92 Å². The van der Waals surface area contributed by atoms with Crippen molar-refractivity contribution in [3.8, 4) is 5.75 Å². The fourth-order valence-electron chi connectivity index (χ4n) is 1.81. The molecular formula is C15H18N2O3S. The monoisotopic (exact) mass is 306 g/mol. The number of ether oxygens (including phenoxy) is 1. The van der Waals surface area contributed by atoms with Gasteiger partial charge in [-0.3, -0.25) is 4.79 Å². The van der Waals surface area contributed by atoms with Gasteiger partial charge in [-0.2, -0.15) is 0 Å². The minimum Gasteiger partial charge on any atom is -0.492 e. The number of aromatic nitrogens is 1. The molecule has 1 aromatic carbocycles. The van der Waals surface area contributed by atoms with Gasteiger partial charge < -0.3 is 14.7 Å². The zero-order valence-electron chi connectivity index (χ0n) is 11.9. The van der Waals surface area contributed by atoms with Gasteiger partial charge in [-0.05, 0) is 19.1 Å². The van der Waals surface area contributed by atoms with E-state index in [1.54, 1.807) is 6.20 Å². The standard InChI is InChI=1S/C15H18N2O3S/c1-12-2-4-13(5-3-12)20-10-9-17(8-6-14(18)19)15-16-7-11-21-15/h2-5,7,11H,6,8-10H2,1H3,(H,18,19). The highest BCUT2D eigenvalue weighted by Crippen LogP contribution is 2.18. The molecule has 0 aliphatic carbocycles. The van der Waals surface area contributed by atoms with Crippen molar-refractivity contribution in [1.29, 1.82) is 0 Å². The Kier molecular flexibility index (Phi) is 5.57. The molecule has 0 fully saturated rings. The molecule has 6 heteroatoms. The molecule has 1 heterocycles. The number of carbonyl (C=O) groups is 1. The molecule has 21 heavy (non-hydrogen) atoms. The molecule has 0 spiro atoms.